The van der Waals surface area contributed by atoms with E-state index in [2.05, 4.69) is 25.7 Å². The summed E-state index contributed by atoms with van der Waals surface area (Å²) in [6, 6.07) is 6.41. The van der Waals surface area contributed by atoms with E-state index in [4.69, 9.17) is 0 Å². The van der Waals surface area contributed by atoms with Crippen LogP contribution in [-0.4, -0.2) is 43.5 Å². The van der Waals surface area contributed by atoms with Gasteiger partial charge in [-0.3, -0.25) is 14.9 Å². The van der Waals surface area contributed by atoms with Crippen LogP contribution in [0.25, 0.3) is 5.78 Å². The minimum atomic E-state index is -0.439. The molecule has 10 nitrogen and oxygen atoms in total. The molecule has 3 rings (SSSR count). The maximum absolute atomic E-state index is 12.1. The molecule has 0 bridgehead atoms. The Morgan fingerprint density at radius 2 is 2.04 bits per heavy atom. The number of nitro benzene ring substituents is 1. The molecule has 2 N–H and O–H groups in total. The zero-order valence-corrected chi connectivity index (χ0v) is 15.7. The van der Waals surface area contributed by atoms with Gasteiger partial charge in [0, 0.05) is 37.0 Å². The maximum Gasteiger partial charge on any atom is 0.292 e. The van der Waals surface area contributed by atoms with Crippen LogP contribution in [0.5, 0.6) is 0 Å². The summed E-state index contributed by atoms with van der Waals surface area (Å²) >= 11 is 0. The first-order valence-corrected chi connectivity index (χ1v) is 8.87. The summed E-state index contributed by atoms with van der Waals surface area (Å²) in [4.78, 5) is 31.2. The fourth-order valence-corrected chi connectivity index (χ4v) is 3.03. The van der Waals surface area contributed by atoms with E-state index in [0.717, 1.165) is 17.0 Å². The van der Waals surface area contributed by atoms with Crippen molar-refractivity contribution in [3.8, 4) is 0 Å². The number of nitrogens with one attached hydrogen (secondary N) is 2. The lowest BCUT2D eigenvalue weighted by Gasteiger charge is -2.11. The predicted octanol–water partition coefficient (Wildman–Crippen LogP) is 1.81. The predicted molar refractivity (Wildman–Crippen MR) is 103 cm³/mol. The first kappa shape index (κ1) is 19.2. The second kappa shape index (κ2) is 8.42. The number of aryl methyl sites for hydroxylation is 2. The topological polar surface area (TPSA) is 127 Å². The van der Waals surface area contributed by atoms with Crippen molar-refractivity contribution in [2.24, 2.45) is 0 Å². The highest BCUT2D eigenvalue weighted by molar-refractivity contribution is 5.76. The SMILES string of the molecule is Cc1nc2ncnn2c(C)c1CCC(=O)NCCNc1ccccc1[N+](=O)[O-]. The largest absolute Gasteiger partial charge is 0.378 e. The Bertz CT molecular complexity index is 1020. The number of hydrogen-bond donors (Lipinski definition) is 2. The van der Waals surface area contributed by atoms with E-state index in [1.54, 1.807) is 22.7 Å². The van der Waals surface area contributed by atoms with Crippen LogP contribution in [0.3, 0.4) is 0 Å². The Morgan fingerprint density at radius 3 is 2.82 bits per heavy atom. The normalized spacial score (nSPS) is 10.8. The lowest BCUT2D eigenvalue weighted by molar-refractivity contribution is -0.384. The van der Waals surface area contributed by atoms with Gasteiger partial charge in [-0.15, -0.1) is 0 Å². The van der Waals surface area contributed by atoms with E-state index >= 15 is 0 Å². The van der Waals surface area contributed by atoms with E-state index in [1.807, 2.05) is 13.8 Å². The standard InChI is InChI=1S/C18H21N7O3/c1-12-14(13(2)24-18(23-12)21-11-22-24)7-8-17(26)20-10-9-19-15-5-3-4-6-16(15)25(27)28/h3-6,11,19H,7-10H2,1-2H3,(H,20,26). The molecule has 0 saturated heterocycles. The van der Waals surface area contributed by atoms with Crippen LogP contribution in [0.2, 0.25) is 0 Å². The van der Waals surface area contributed by atoms with Crippen molar-refractivity contribution in [1.29, 1.82) is 0 Å². The van der Waals surface area contributed by atoms with Gasteiger partial charge in [-0.05, 0) is 31.9 Å². The Kier molecular flexibility index (Phi) is 5.78. The molecule has 2 heterocycles. The van der Waals surface area contributed by atoms with Crippen LogP contribution in [0.1, 0.15) is 23.4 Å². The first-order chi connectivity index (χ1) is 13.5. The average molecular weight is 383 g/mol. The number of rotatable bonds is 8. The molecule has 10 heteroatoms. The number of anilines is 1. The lowest BCUT2D eigenvalue weighted by atomic mass is 10.1. The third-order valence-electron chi connectivity index (χ3n) is 4.45. The van der Waals surface area contributed by atoms with Crippen LogP contribution in [0.4, 0.5) is 11.4 Å². The van der Waals surface area contributed by atoms with Crippen LogP contribution in [-0.2, 0) is 11.2 Å². The van der Waals surface area contributed by atoms with Gasteiger partial charge in [0.2, 0.25) is 5.91 Å². The number of amides is 1. The minimum Gasteiger partial charge on any atom is -0.378 e. The van der Waals surface area contributed by atoms with Crippen LogP contribution < -0.4 is 10.6 Å². The molecule has 3 aromatic rings. The first-order valence-electron chi connectivity index (χ1n) is 8.87. The summed E-state index contributed by atoms with van der Waals surface area (Å²) < 4.78 is 1.66. The van der Waals surface area contributed by atoms with Crippen LogP contribution in [0, 0.1) is 24.0 Å². The van der Waals surface area contributed by atoms with E-state index < -0.39 is 4.92 Å². The van der Waals surface area contributed by atoms with Gasteiger partial charge < -0.3 is 10.6 Å². The van der Waals surface area contributed by atoms with Gasteiger partial charge >= 0.3 is 0 Å². The molecule has 1 amide bonds. The molecule has 0 unspecified atom stereocenters. The third-order valence-corrected chi connectivity index (χ3v) is 4.45. The van der Waals surface area contributed by atoms with Crippen LogP contribution in [0.15, 0.2) is 30.6 Å². The van der Waals surface area contributed by atoms with Crippen molar-refractivity contribution in [2.45, 2.75) is 26.7 Å². The summed E-state index contributed by atoms with van der Waals surface area (Å²) in [6.07, 6.45) is 2.31. The molecule has 2 aromatic heterocycles. The highest BCUT2D eigenvalue weighted by Gasteiger charge is 2.13. The van der Waals surface area contributed by atoms with E-state index in [9.17, 15) is 14.9 Å². The fraction of sp³-hybridized carbons (Fsp3) is 0.333. The van der Waals surface area contributed by atoms with Crippen molar-refractivity contribution in [1.82, 2.24) is 24.9 Å². The molecule has 0 fully saturated rings. The molecule has 1 aromatic carbocycles. The van der Waals surface area contributed by atoms with Crippen LogP contribution >= 0.6 is 0 Å². The van der Waals surface area contributed by atoms with Gasteiger partial charge in [-0.25, -0.2) is 9.50 Å². The number of carbonyl (C=O) groups is 1. The highest BCUT2D eigenvalue weighted by atomic mass is 16.6. The molecule has 0 aliphatic carbocycles. The van der Waals surface area contributed by atoms with Crippen molar-refractivity contribution in [2.75, 3.05) is 18.4 Å². The maximum atomic E-state index is 12.1. The molecule has 28 heavy (non-hydrogen) atoms. The van der Waals surface area contributed by atoms with Crippen molar-refractivity contribution in [3.63, 3.8) is 0 Å². The zero-order valence-electron chi connectivity index (χ0n) is 15.7. The second-order valence-corrected chi connectivity index (χ2v) is 6.28. The molecule has 0 radical (unpaired) electrons. The van der Waals surface area contributed by atoms with Gasteiger partial charge in [-0.2, -0.15) is 10.1 Å². The van der Waals surface area contributed by atoms with E-state index in [-0.39, 0.29) is 11.6 Å². The number of benzene rings is 1. The summed E-state index contributed by atoms with van der Waals surface area (Å²) in [6.45, 7) is 4.58. The van der Waals surface area contributed by atoms with Gasteiger partial charge in [0.05, 0.1) is 4.92 Å². The zero-order chi connectivity index (χ0) is 20.1. The van der Waals surface area contributed by atoms with Gasteiger partial charge in [0.25, 0.3) is 11.5 Å². The molecule has 0 aliphatic heterocycles. The molecule has 146 valence electrons. The van der Waals surface area contributed by atoms with E-state index in [0.29, 0.717) is 37.4 Å². The summed E-state index contributed by atoms with van der Waals surface area (Å²) in [7, 11) is 0. The smallest absolute Gasteiger partial charge is 0.292 e. The Morgan fingerprint density at radius 1 is 1.25 bits per heavy atom. The number of carbonyl (C=O) groups excluding carboxylic acids is 1. The molecule has 0 spiro atoms. The molecular formula is C18H21N7O3. The monoisotopic (exact) mass is 383 g/mol. The summed E-state index contributed by atoms with van der Waals surface area (Å²) in [5, 5.41) is 20.9. The molecule has 0 aliphatic rings. The van der Waals surface area contributed by atoms with E-state index in [1.165, 1.54) is 12.4 Å². The van der Waals surface area contributed by atoms with Crippen molar-refractivity contribution >= 4 is 23.1 Å². The quantitative estimate of drug-likeness (QED) is 0.345. The van der Waals surface area contributed by atoms with Gasteiger partial charge in [-0.1, -0.05) is 12.1 Å². The van der Waals surface area contributed by atoms with Gasteiger partial charge in [0.15, 0.2) is 0 Å². The second-order valence-electron chi connectivity index (χ2n) is 6.28. The Labute approximate surface area is 161 Å². The molecule has 0 atom stereocenters. The number of nitrogens with zero attached hydrogens (tertiary/aromatic N) is 5. The number of aromatic nitrogens is 4. The Hall–Kier alpha value is -3.56. The lowest BCUT2D eigenvalue weighted by Crippen LogP contribution is -2.29. The van der Waals surface area contributed by atoms with Crippen molar-refractivity contribution < 1.29 is 9.72 Å². The number of para-hydroxylation sites is 2. The van der Waals surface area contributed by atoms with Gasteiger partial charge in [0.1, 0.15) is 12.0 Å². The fourth-order valence-electron chi connectivity index (χ4n) is 3.03. The minimum absolute atomic E-state index is 0.00998. The molecular weight excluding hydrogens is 362 g/mol. The Balaban J connectivity index is 1.49. The average Bonchev–Trinajstić information content (AvgIpc) is 3.13. The third kappa shape index (κ3) is 4.22. The van der Waals surface area contributed by atoms with Crippen molar-refractivity contribution in [3.05, 3.63) is 57.7 Å². The number of hydrogen-bond acceptors (Lipinski definition) is 7. The highest BCUT2D eigenvalue weighted by Crippen LogP contribution is 2.22. The number of nitro groups is 1. The summed E-state index contributed by atoms with van der Waals surface area (Å²) in [5.41, 5.74) is 3.18. The number of fused-ring (bicyclic) bond motifs is 1. The summed E-state index contributed by atoms with van der Waals surface area (Å²) in [5.74, 6) is 0.450. The molecule has 0 saturated carbocycles.